The Balaban J connectivity index is 1.74. The Hall–Kier alpha value is -4.32. The number of anilines is 4. The van der Waals surface area contributed by atoms with E-state index in [1.807, 2.05) is 55.5 Å². The summed E-state index contributed by atoms with van der Waals surface area (Å²) in [7, 11) is 0. The largest absolute Gasteiger partial charge is 0.399 e. The van der Waals surface area contributed by atoms with Crippen molar-refractivity contribution >= 4 is 39.9 Å². The number of nitrogens with one attached hydrogen (secondary N) is 1. The summed E-state index contributed by atoms with van der Waals surface area (Å²) in [6.07, 6.45) is 2.10. The molecule has 0 radical (unpaired) electrons. The van der Waals surface area contributed by atoms with E-state index in [2.05, 4.69) is 5.32 Å². The third kappa shape index (κ3) is 4.70. The predicted molar refractivity (Wildman–Crippen MR) is 133 cm³/mol. The Morgan fingerprint density at radius 2 is 1.31 bits per heavy atom. The van der Waals surface area contributed by atoms with E-state index in [1.165, 1.54) is 0 Å². The van der Waals surface area contributed by atoms with Crippen LogP contribution >= 0.6 is 0 Å². The molecule has 6 heteroatoms. The fourth-order valence-corrected chi connectivity index (χ4v) is 3.51. The number of aliphatic imine (C=N–C) groups is 1. The van der Waals surface area contributed by atoms with Crippen molar-refractivity contribution in [1.82, 2.24) is 0 Å². The molecule has 1 aliphatic rings. The van der Waals surface area contributed by atoms with Crippen LogP contribution in [0.15, 0.2) is 101 Å². The maximum atomic E-state index is 13.1. The fraction of sp³-hybridized carbons (Fsp3) is 0.0769. The first-order chi connectivity index (χ1) is 15.4. The first-order valence-corrected chi connectivity index (χ1v) is 10.3. The van der Waals surface area contributed by atoms with E-state index in [9.17, 15) is 4.79 Å². The van der Waals surface area contributed by atoms with Crippen LogP contribution < -0.4 is 22.5 Å². The summed E-state index contributed by atoms with van der Waals surface area (Å²) < 4.78 is 0. The highest BCUT2D eigenvalue weighted by Gasteiger charge is 2.24. The number of benzene rings is 3. The molecule has 0 fully saturated rings. The SMILES string of the molecule is CC1=C(Cc2ccc(N)cc2)C(=O)C=C(Nc2ccc(N)cc2)C1=Nc1ccc(N)cc1. The molecule has 3 aromatic rings. The molecule has 6 nitrogen and oxygen atoms in total. The van der Waals surface area contributed by atoms with Crippen molar-refractivity contribution in [3.63, 3.8) is 0 Å². The molecule has 0 spiro atoms. The van der Waals surface area contributed by atoms with Gasteiger partial charge in [0.15, 0.2) is 5.78 Å². The zero-order valence-electron chi connectivity index (χ0n) is 17.8. The van der Waals surface area contributed by atoms with Crippen LogP contribution in [0.25, 0.3) is 0 Å². The molecule has 0 unspecified atom stereocenters. The van der Waals surface area contributed by atoms with E-state index in [0.717, 1.165) is 22.5 Å². The number of carbonyl (C=O) groups is 1. The molecule has 0 saturated carbocycles. The standard InChI is InChI=1S/C26H25N5O/c1-16-23(14-17-2-4-18(27)5-3-17)25(32)15-24(30-21-10-6-19(28)7-11-21)26(16)31-22-12-8-20(29)9-13-22/h2-13,15,30H,14,27-29H2,1H3. The minimum atomic E-state index is -0.0477. The van der Waals surface area contributed by atoms with Gasteiger partial charge in [0.1, 0.15) is 0 Å². The molecule has 0 atom stereocenters. The number of allylic oxidation sites excluding steroid dienone is 3. The van der Waals surface area contributed by atoms with Crippen LogP contribution in [0.2, 0.25) is 0 Å². The molecule has 0 bridgehead atoms. The molecule has 0 saturated heterocycles. The van der Waals surface area contributed by atoms with Gasteiger partial charge in [-0.15, -0.1) is 0 Å². The van der Waals surface area contributed by atoms with Gasteiger partial charge in [0.25, 0.3) is 0 Å². The summed E-state index contributed by atoms with van der Waals surface area (Å²) in [5.41, 5.74) is 24.9. The summed E-state index contributed by atoms with van der Waals surface area (Å²) >= 11 is 0. The molecule has 3 aromatic carbocycles. The smallest absolute Gasteiger partial charge is 0.184 e. The van der Waals surface area contributed by atoms with Gasteiger partial charge in [-0.2, -0.15) is 0 Å². The van der Waals surface area contributed by atoms with Gasteiger partial charge >= 0.3 is 0 Å². The van der Waals surface area contributed by atoms with Crippen LogP contribution in [0, 0.1) is 0 Å². The van der Waals surface area contributed by atoms with Gasteiger partial charge in [0.05, 0.1) is 17.1 Å². The zero-order chi connectivity index (χ0) is 22.7. The van der Waals surface area contributed by atoms with E-state index in [-0.39, 0.29) is 5.78 Å². The molecule has 0 heterocycles. The van der Waals surface area contributed by atoms with E-state index in [4.69, 9.17) is 22.2 Å². The number of carbonyl (C=O) groups excluding carboxylic acids is 1. The Labute approximate surface area is 187 Å². The molecule has 4 rings (SSSR count). The highest BCUT2D eigenvalue weighted by molar-refractivity contribution is 6.26. The maximum absolute atomic E-state index is 13.1. The van der Waals surface area contributed by atoms with E-state index < -0.39 is 0 Å². The average Bonchev–Trinajstić information content (AvgIpc) is 2.78. The lowest BCUT2D eigenvalue weighted by Gasteiger charge is -2.22. The Bertz CT molecular complexity index is 1230. The number of hydrogen-bond donors (Lipinski definition) is 4. The topological polar surface area (TPSA) is 120 Å². The van der Waals surface area contributed by atoms with Crippen molar-refractivity contribution in [1.29, 1.82) is 0 Å². The predicted octanol–water partition coefficient (Wildman–Crippen LogP) is 4.64. The molecule has 160 valence electrons. The van der Waals surface area contributed by atoms with Crippen molar-refractivity contribution in [3.8, 4) is 0 Å². The van der Waals surface area contributed by atoms with E-state index in [0.29, 0.717) is 40.5 Å². The number of nitrogen functional groups attached to an aromatic ring is 3. The van der Waals surface area contributed by atoms with Crippen molar-refractivity contribution in [2.75, 3.05) is 22.5 Å². The number of nitrogens with two attached hydrogens (primary N) is 3. The van der Waals surface area contributed by atoms with Gasteiger partial charge in [-0.3, -0.25) is 4.79 Å². The zero-order valence-corrected chi connectivity index (χ0v) is 17.8. The highest BCUT2D eigenvalue weighted by atomic mass is 16.1. The summed E-state index contributed by atoms with van der Waals surface area (Å²) in [6, 6.07) is 22.2. The minimum absolute atomic E-state index is 0.0477. The second-order valence-corrected chi connectivity index (χ2v) is 7.74. The van der Waals surface area contributed by atoms with Gasteiger partial charge in [-0.25, -0.2) is 4.99 Å². The van der Waals surface area contributed by atoms with Crippen molar-refractivity contribution in [2.45, 2.75) is 13.3 Å². The maximum Gasteiger partial charge on any atom is 0.184 e. The third-order valence-electron chi connectivity index (χ3n) is 5.32. The third-order valence-corrected chi connectivity index (χ3v) is 5.32. The normalized spacial score (nSPS) is 15.1. The van der Waals surface area contributed by atoms with Crippen LogP contribution in [-0.2, 0) is 11.2 Å². The molecule has 32 heavy (non-hydrogen) atoms. The van der Waals surface area contributed by atoms with Gasteiger partial charge in [-0.1, -0.05) is 12.1 Å². The molecule has 7 N–H and O–H groups in total. The molecular formula is C26H25N5O. The minimum Gasteiger partial charge on any atom is -0.399 e. The van der Waals surface area contributed by atoms with Crippen molar-refractivity contribution < 1.29 is 4.79 Å². The number of rotatable bonds is 5. The van der Waals surface area contributed by atoms with Crippen LogP contribution in [0.4, 0.5) is 28.4 Å². The first kappa shape index (κ1) is 20.9. The summed E-state index contributed by atoms with van der Waals surface area (Å²) in [4.78, 5) is 17.9. The lowest BCUT2D eigenvalue weighted by Crippen LogP contribution is -2.23. The lowest BCUT2D eigenvalue weighted by molar-refractivity contribution is -0.111. The molecule has 0 aromatic heterocycles. The van der Waals surface area contributed by atoms with Gasteiger partial charge < -0.3 is 22.5 Å². The van der Waals surface area contributed by atoms with E-state index >= 15 is 0 Å². The second kappa shape index (κ2) is 8.81. The molecule has 1 aliphatic carbocycles. The molecular weight excluding hydrogens is 398 g/mol. The van der Waals surface area contributed by atoms with Gasteiger partial charge in [0, 0.05) is 40.8 Å². The highest BCUT2D eigenvalue weighted by Crippen LogP contribution is 2.28. The van der Waals surface area contributed by atoms with Crippen LogP contribution in [0.1, 0.15) is 12.5 Å². The fourth-order valence-electron chi connectivity index (χ4n) is 3.51. The van der Waals surface area contributed by atoms with Crippen molar-refractivity contribution in [3.05, 3.63) is 101 Å². The van der Waals surface area contributed by atoms with Gasteiger partial charge in [-0.05, 0) is 78.7 Å². The van der Waals surface area contributed by atoms with Crippen LogP contribution in [0.3, 0.4) is 0 Å². The summed E-state index contributed by atoms with van der Waals surface area (Å²) in [5.74, 6) is -0.0477. The Morgan fingerprint density at radius 3 is 1.91 bits per heavy atom. The van der Waals surface area contributed by atoms with Crippen LogP contribution in [0.5, 0.6) is 0 Å². The molecule has 0 aliphatic heterocycles. The van der Waals surface area contributed by atoms with Crippen LogP contribution in [-0.4, -0.2) is 11.5 Å². The number of hydrogen-bond acceptors (Lipinski definition) is 6. The Kier molecular flexibility index (Phi) is 5.77. The summed E-state index contributed by atoms with van der Waals surface area (Å²) in [5, 5.41) is 3.32. The quantitative estimate of drug-likeness (QED) is 0.352. The number of ketones is 1. The monoisotopic (exact) mass is 423 g/mol. The Morgan fingerprint density at radius 1 is 0.781 bits per heavy atom. The summed E-state index contributed by atoms with van der Waals surface area (Å²) in [6.45, 7) is 1.93. The van der Waals surface area contributed by atoms with Gasteiger partial charge in [0.2, 0.25) is 0 Å². The van der Waals surface area contributed by atoms with Crippen molar-refractivity contribution in [2.24, 2.45) is 4.99 Å². The average molecular weight is 424 g/mol. The van der Waals surface area contributed by atoms with E-state index in [1.54, 1.807) is 30.3 Å². The first-order valence-electron chi connectivity index (χ1n) is 10.3. The molecule has 0 amide bonds. The second-order valence-electron chi connectivity index (χ2n) is 7.74. The number of nitrogens with zero attached hydrogens (tertiary/aromatic N) is 1. The lowest BCUT2D eigenvalue weighted by atomic mass is 9.88.